The van der Waals surface area contributed by atoms with E-state index in [0.29, 0.717) is 11.4 Å². The zero-order valence-electron chi connectivity index (χ0n) is 9.19. The average Bonchev–Trinajstić information content (AvgIpc) is 2.97. The van der Waals surface area contributed by atoms with Crippen LogP contribution < -0.4 is 4.72 Å². The second kappa shape index (κ2) is 5.04. The molecule has 0 fully saturated rings. The van der Waals surface area contributed by atoms with Gasteiger partial charge in [-0.2, -0.15) is 0 Å². The first-order chi connectivity index (χ1) is 8.53. The Morgan fingerprint density at radius 2 is 2.28 bits per heavy atom. The number of thiophene rings is 1. The van der Waals surface area contributed by atoms with E-state index in [1.807, 2.05) is 0 Å². The molecule has 2 aromatic rings. The number of thiazole rings is 1. The van der Waals surface area contributed by atoms with Crippen LogP contribution in [0.1, 0.15) is 12.6 Å². The average molecular weight is 303 g/mol. The van der Waals surface area contributed by atoms with Gasteiger partial charge in [-0.25, -0.2) is 13.4 Å². The van der Waals surface area contributed by atoms with Crippen molar-refractivity contribution in [1.82, 2.24) is 4.98 Å². The molecular weight excluding hydrogens is 294 g/mol. The van der Waals surface area contributed by atoms with E-state index in [-0.39, 0.29) is 9.34 Å². The molecule has 2 rings (SSSR count). The number of hydrogen-bond donors (Lipinski definition) is 2. The Kier molecular flexibility index (Phi) is 3.64. The van der Waals surface area contributed by atoms with Crippen LogP contribution in [0.4, 0.5) is 5.13 Å². The number of rotatable bonds is 4. The van der Waals surface area contributed by atoms with Crippen molar-refractivity contribution >= 4 is 43.5 Å². The van der Waals surface area contributed by atoms with Crippen LogP contribution >= 0.6 is 22.7 Å². The number of nitrogens with one attached hydrogen (secondary N) is 1. The van der Waals surface area contributed by atoms with Crippen LogP contribution in [0.25, 0.3) is 0 Å². The summed E-state index contributed by atoms with van der Waals surface area (Å²) < 4.78 is 26.4. The predicted octanol–water partition coefficient (Wildman–Crippen LogP) is 2.20. The topological polar surface area (TPSA) is 91.7 Å². The van der Waals surface area contributed by atoms with E-state index in [1.165, 1.54) is 6.07 Å². The van der Waals surface area contributed by atoms with Crippen molar-refractivity contribution in [3.05, 3.63) is 28.6 Å². The Morgan fingerprint density at radius 1 is 1.50 bits per heavy atom. The Balaban J connectivity index is 2.23. The molecule has 2 N–H and O–H groups in total. The Bertz CT molecular complexity index is 658. The number of oxime groups is 1. The zero-order valence-corrected chi connectivity index (χ0v) is 11.6. The fourth-order valence-corrected chi connectivity index (χ4v) is 4.12. The van der Waals surface area contributed by atoms with E-state index in [1.54, 1.807) is 23.8 Å². The molecule has 0 aliphatic carbocycles. The van der Waals surface area contributed by atoms with E-state index in [4.69, 9.17) is 5.21 Å². The molecule has 96 valence electrons. The largest absolute Gasteiger partial charge is 0.411 e. The molecule has 0 saturated heterocycles. The van der Waals surface area contributed by atoms with Gasteiger partial charge in [0.25, 0.3) is 10.0 Å². The maximum Gasteiger partial charge on any atom is 0.273 e. The minimum absolute atomic E-state index is 0.229. The standard InChI is InChI=1S/C9H9N3O3S3/c1-6(11-13)7-5-17-9(10-7)12-18(14,15)8-3-2-4-16-8/h2-5,13H,1H3,(H,10,12)/b11-6+. The van der Waals surface area contributed by atoms with Crippen molar-refractivity contribution < 1.29 is 13.6 Å². The summed E-state index contributed by atoms with van der Waals surface area (Å²) in [5.74, 6) is 0. The van der Waals surface area contributed by atoms with Crippen molar-refractivity contribution in [2.75, 3.05) is 4.72 Å². The zero-order chi connectivity index (χ0) is 13.2. The predicted molar refractivity (Wildman–Crippen MR) is 71.2 cm³/mol. The molecule has 9 heteroatoms. The molecule has 0 atom stereocenters. The number of nitrogens with zero attached hydrogens (tertiary/aromatic N) is 2. The van der Waals surface area contributed by atoms with Crippen LogP contribution in [-0.2, 0) is 10.0 Å². The van der Waals surface area contributed by atoms with Crippen LogP contribution in [0.3, 0.4) is 0 Å². The second-order valence-electron chi connectivity index (χ2n) is 3.26. The Hall–Kier alpha value is -1.45. The quantitative estimate of drug-likeness (QED) is 0.514. The molecule has 18 heavy (non-hydrogen) atoms. The summed E-state index contributed by atoms with van der Waals surface area (Å²) >= 11 is 2.26. The minimum atomic E-state index is -3.58. The molecule has 0 radical (unpaired) electrons. The molecule has 0 spiro atoms. The SMILES string of the molecule is C/C(=N\O)c1csc(NS(=O)(=O)c2cccs2)n1. The number of anilines is 1. The Morgan fingerprint density at radius 3 is 2.89 bits per heavy atom. The van der Waals surface area contributed by atoms with Gasteiger partial charge in [-0.1, -0.05) is 11.2 Å². The van der Waals surface area contributed by atoms with Gasteiger partial charge in [-0.05, 0) is 18.4 Å². The van der Waals surface area contributed by atoms with Gasteiger partial charge >= 0.3 is 0 Å². The number of sulfonamides is 1. The molecule has 0 saturated carbocycles. The van der Waals surface area contributed by atoms with Crippen molar-refractivity contribution in [3.63, 3.8) is 0 Å². The van der Waals surface area contributed by atoms with Gasteiger partial charge in [0.1, 0.15) is 15.6 Å². The summed E-state index contributed by atoms with van der Waals surface area (Å²) in [6.45, 7) is 1.58. The first-order valence-electron chi connectivity index (χ1n) is 4.74. The number of aromatic nitrogens is 1. The van der Waals surface area contributed by atoms with Crippen LogP contribution in [-0.4, -0.2) is 24.3 Å². The summed E-state index contributed by atoms with van der Waals surface area (Å²) in [7, 11) is -3.58. The monoisotopic (exact) mass is 303 g/mol. The van der Waals surface area contributed by atoms with Crippen molar-refractivity contribution in [2.24, 2.45) is 5.16 Å². The molecule has 0 aliphatic heterocycles. The van der Waals surface area contributed by atoms with Gasteiger partial charge in [0.05, 0.1) is 0 Å². The third kappa shape index (κ3) is 2.68. The van der Waals surface area contributed by atoms with Crippen molar-refractivity contribution in [1.29, 1.82) is 0 Å². The maximum atomic E-state index is 11.9. The summed E-state index contributed by atoms with van der Waals surface area (Å²) in [6.07, 6.45) is 0. The lowest BCUT2D eigenvalue weighted by atomic mass is 10.3. The molecule has 6 nitrogen and oxygen atoms in total. The summed E-state index contributed by atoms with van der Waals surface area (Å²) in [5.41, 5.74) is 0.763. The molecule has 2 heterocycles. The summed E-state index contributed by atoms with van der Waals surface area (Å²) in [4.78, 5) is 4.02. The molecule has 2 aromatic heterocycles. The highest BCUT2D eigenvalue weighted by atomic mass is 32.2. The van der Waals surface area contributed by atoms with Crippen LogP contribution in [0.5, 0.6) is 0 Å². The summed E-state index contributed by atoms with van der Waals surface area (Å²) in [5, 5.41) is 15.1. The third-order valence-electron chi connectivity index (χ3n) is 2.01. The first-order valence-corrected chi connectivity index (χ1v) is 7.98. The molecule has 0 amide bonds. The highest BCUT2D eigenvalue weighted by Crippen LogP contribution is 2.22. The van der Waals surface area contributed by atoms with E-state index >= 15 is 0 Å². The highest BCUT2D eigenvalue weighted by molar-refractivity contribution is 7.94. The molecule has 0 aliphatic rings. The molecule has 0 aromatic carbocycles. The lowest BCUT2D eigenvalue weighted by Crippen LogP contribution is -2.11. The van der Waals surface area contributed by atoms with Crippen LogP contribution in [0.15, 0.2) is 32.3 Å². The fraction of sp³-hybridized carbons (Fsp3) is 0.111. The lowest BCUT2D eigenvalue weighted by molar-refractivity contribution is 0.319. The van der Waals surface area contributed by atoms with E-state index in [2.05, 4.69) is 14.9 Å². The van der Waals surface area contributed by atoms with Gasteiger partial charge in [0.2, 0.25) is 0 Å². The smallest absolute Gasteiger partial charge is 0.273 e. The van der Waals surface area contributed by atoms with Crippen molar-refractivity contribution in [2.45, 2.75) is 11.1 Å². The van der Waals surface area contributed by atoms with E-state index in [0.717, 1.165) is 22.7 Å². The molecule has 0 unspecified atom stereocenters. The van der Waals surface area contributed by atoms with Crippen molar-refractivity contribution in [3.8, 4) is 0 Å². The minimum Gasteiger partial charge on any atom is -0.411 e. The van der Waals surface area contributed by atoms with Crippen LogP contribution in [0.2, 0.25) is 0 Å². The Labute approximate surface area is 112 Å². The second-order valence-corrected chi connectivity index (χ2v) is 6.98. The van der Waals surface area contributed by atoms with Gasteiger partial charge in [0.15, 0.2) is 5.13 Å². The fourth-order valence-electron chi connectivity index (χ4n) is 1.12. The lowest BCUT2D eigenvalue weighted by Gasteiger charge is -2.01. The normalized spacial score (nSPS) is 12.6. The summed E-state index contributed by atoms with van der Waals surface area (Å²) in [6, 6.07) is 3.18. The number of hydrogen-bond acceptors (Lipinski definition) is 7. The van der Waals surface area contributed by atoms with Crippen LogP contribution in [0, 0.1) is 0 Å². The highest BCUT2D eigenvalue weighted by Gasteiger charge is 2.17. The maximum absolute atomic E-state index is 11.9. The van der Waals surface area contributed by atoms with Gasteiger partial charge in [-0.15, -0.1) is 22.7 Å². The first kappa shape index (κ1) is 13.0. The molecule has 0 bridgehead atoms. The third-order valence-corrected chi connectivity index (χ3v) is 5.63. The van der Waals surface area contributed by atoms with Gasteiger partial charge in [0, 0.05) is 5.38 Å². The van der Waals surface area contributed by atoms with Gasteiger partial charge < -0.3 is 5.21 Å². The molecular formula is C9H9N3O3S3. The van der Waals surface area contributed by atoms with E-state index < -0.39 is 10.0 Å². The van der Waals surface area contributed by atoms with E-state index in [9.17, 15) is 8.42 Å². The van der Waals surface area contributed by atoms with Gasteiger partial charge in [-0.3, -0.25) is 4.72 Å².